The van der Waals surface area contributed by atoms with Gasteiger partial charge in [0.25, 0.3) is 0 Å². The molecule has 0 radical (unpaired) electrons. The van der Waals surface area contributed by atoms with Crippen molar-refractivity contribution < 1.29 is 0 Å². The van der Waals surface area contributed by atoms with Crippen molar-refractivity contribution in [3.05, 3.63) is 138 Å². The van der Waals surface area contributed by atoms with E-state index in [1.165, 1.54) is 16.7 Å². The Hall–Kier alpha value is -3.32. The van der Waals surface area contributed by atoms with Gasteiger partial charge in [0.15, 0.2) is 0 Å². The molecule has 0 unspecified atom stereocenters. The van der Waals surface area contributed by atoms with Crippen molar-refractivity contribution in [3.63, 3.8) is 0 Å². The van der Waals surface area contributed by atoms with Gasteiger partial charge in [0.05, 0.1) is 5.41 Å². The molecule has 27 heavy (non-hydrogen) atoms. The summed E-state index contributed by atoms with van der Waals surface area (Å²) in [6.07, 6.45) is 0. The fraction of sp³-hybridized carbons (Fsp3) is 0.0769. The fourth-order valence-corrected chi connectivity index (χ4v) is 3.76. The standard InChI is InChI=1S/C26H23N/c1-5-13-22(14-6-1)26(23-15-7-2-8-16-23,24-17-9-3-10-18-24)21-27-25-19-11-4-12-20-25/h1-20,27H,21H2. The minimum atomic E-state index is -0.278. The lowest BCUT2D eigenvalue weighted by Crippen LogP contribution is -2.37. The molecular weight excluding hydrogens is 326 g/mol. The summed E-state index contributed by atoms with van der Waals surface area (Å²) in [4.78, 5) is 0. The first-order valence-electron chi connectivity index (χ1n) is 9.35. The highest BCUT2D eigenvalue weighted by atomic mass is 14.9. The van der Waals surface area contributed by atoms with Gasteiger partial charge in [-0.3, -0.25) is 0 Å². The van der Waals surface area contributed by atoms with Crippen molar-refractivity contribution in [1.29, 1.82) is 0 Å². The molecule has 0 heterocycles. The van der Waals surface area contributed by atoms with Crippen LogP contribution in [-0.4, -0.2) is 6.54 Å². The Bertz CT molecular complexity index is 851. The van der Waals surface area contributed by atoms with Gasteiger partial charge in [0.2, 0.25) is 0 Å². The topological polar surface area (TPSA) is 12.0 Å². The third-order valence-electron chi connectivity index (χ3n) is 5.13. The highest BCUT2D eigenvalue weighted by molar-refractivity contribution is 5.54. The number of anilines is 1. The molecule has 4 aromatic carbocycles. The Balaban J connectivity index is 1.89. The number of para-hydroxylation sites is 1. The van der Waals surface area contributed by atoms with Crippen LogP contribution in [0.25, 0.3) is 0 Å². The Kier molecular flexibility index (Phi) is 5.02. The zero-order chi connectivity index (χ0) is 18.4. The lowest BCUT2D eigenvalue weighted by molar-refractivity contribution is 0.651. The summed E-state index contributed by atoms with van der Waals surface area (Å²) in [7, 11) is 0. The number of rotatable bonds is 6. The van der Waals surface area contributed by atoms with E-state index < -0.39 is 0 Å². The third-order valence-corrected chi connectivity index (χ3v) is 5.13. The fourth-order valence-electron chi connectivity index (χ4n) is 3.76. The van der Waals surface area contributed by atoms with Crippen LogP contribution >= 0.6 is 0 Å². The molecule has 0 aliphatic rings. The van der Waals surface area contributed by atoms with Crippen LogP contribution in [0.3, 0.4) is 0 Å². The normalized spacial score (nSPS) is 11.1. The van der Waals surface area contributed by atoms with Gasteiger partial charge >= 0.3 is 0 Å². The number of nitrogens with one attached hydrogen (secondary N) is 1. The van der Waals surface area contributed by atoms with Crippen LogP contribution in [0.2, 0.25) is 0 Å². The molecule has 0 aliphatic heterocycles. The van der Waals surface area contributed by atoms with E-state index in [1.54, 1.807) is 0 Å². The van der Waals surface area contributed by atoms with Crippen molar-refractivity contribution in [2.75, 3.05) is 11.9 Å². The Morgan fingerprint density at radius 2 is 0.778 bits per heavy atom. The summed E-state index contributed by atoms with van der Waals surface area (Å²) in [6.45, 7) is 0.773. The highest BCUT2D eigenvalue weighted by Crippen LogP contribution is 2.39. The molecule has 0 amide bonds. The summed E-state index contributed by atoms with van der Waals surface area (Å²) in [5.74, 6) is 0. The van der Waals surface area contributed by atoms with Gasteiger partial charge in [0, 0.05) is 12.2 Å². The van der Waals surface area contributed by atoms with Crippen LogP contribution in [0, 0.1) is 0 Å². The number of benzene rings is 4. The minimum absolute atomic E-state index is 0.278. The molecule has 0 bridgehead atoms. The molecule has 4 aromatic rings. The van der Waals surface area contributed by atoms with Gasteiger partial charge in [0.1, 0.15) is 0 Å². The van der Waals surface area contributed by atoms with Crippen LogP contribution in [0.1, 0.15) is 16.7 Å². The van der Waals surface area contributed by atoms with E-state index in [1.807, 2.05) is 6.07 Å². The van der Waals surface area contributed by atoms with E-state index in [9.17, 15) is 0 Å². The van der Waals surface area contributed by atoms with Crippen LogP contribution in [0.15, 0.2) is 121 Å². The van der Waals surface area contributed by atoms with Crippen molar-refractivity contribution >= 4 is 5.69 Å². The zero-order valence-electron chi connectivity index (χ0n) is 15.3. The second kappa shape index (κ2) is 7.92. The Morgan fingerprint density at radius 3 is 1.15 bits per heavy atom. The van der Waals surface area contributed by atoms with Crippen LogP contribution in [0.4, 0.5) is 5.69 Å². The zero-order valence-corrected chi connectivity index (χ0v) is 15.3. The van der Waals surface area contributed by atoms with Gasteiger partial charge < -0.3 is 5.32 Å². The predicted molar refractivity (Wildman–Crippen MR) is 114 cm³/mol. The van der Waals surface area contributed by atoms with Crippen molar-refractivity contribution in [2.45, 2.75) is 5.41 Å². The Labute approximate surface area is 161 Å². The maximum absolute atomic E-state index is 3.68. The molecule has 0 saturated heterocycles. The first-order chi connectivity index (χ1) is 13.4. The van der Waals surface area contributed by atoms with E-state index in [0.29, 0.717) is 0 Å². The number of hydrogen-bond acceptors (Lipinski definition) is 1. The van der Waals surface area contributed by atoms with Crippen molar-refractivity contribution in [1.82, 2.24) is 0 Å². The summed E-state index contributed by atoms with van der Waals surface area (Å²) in [5.41, 5.74) is 4.70. The van der Waals surface area contributed by atoms with E-state index in [0.717, 1.165) is 12.2 Å². The quantitative estimate of drug-likeness (QED) is 0.413. The Morgan fingerprint density at radius 1 is 0.444 bits per heavy atom. The van der Waals surface area contributed by atoms with E-state index >= 15 is 0 Å². The van der Waals surface area contributed by atoms with Gasteiger partial charge in [-0.05, 0) is 28.8 Å². The maximum Gasteiger partial charge on any atom is 0.0623 e. The van der Waals surface area contributed by atoms with Crippen molar-refractivity contribution in [2.24, 2.45) is 0 Å². The molecule has 1 N–H and O–H groups in total. The van der Waals surface area contributed by atoms with Gasteiger partial charge in [-0.15, -0.1) is 0 Å². The molecule has 0 aromatic heterocycles. The number of hydrogen-bond donors (Lipinski definition) is 1. The second-order valence-corrected chi connectivity index (χ2v) is 6.72. The summed E-state index contributed by atoms with van der Waals surface area (Å²) in [5, 5.41) is 3.68. The van der Waals surface area contributed by atoms with Gasteiger partial charge in [-0.25, -0.2) is 0 Å². The molecule has 4 rings (SSSR count). The molecule has 0 atom stereocenters. The average Bonchev–Trinajstić information content (AvgIpc) is 2.77. The molecule has 0 saturated carbocycles. The minimum Gasteiger partial charge on any atom is -0.383 e. The van der Waals surface area contributed by atoms with Gasteiger partial charge in [-0.2, -0.15) is 0 Å². The molecular formula is C26H23N. The van der Waals surface area contributed by atoms with Crippen LogP contribution in [0.5, 0.6) is 0 Å². The first-order valence-corrected chi connectivity index (χ1v) is 9.35. The average molecular weight is 349 g/mol. The molecule has 1 nitrogen and oxygen atoms in total. The molecule has 0 spiro atoms. The predicted octanol–water partition coefficient (Wildman–Crippen LogP) is 6.13. The summed E-state index contributed by atoms with van der Waals surface area (Å²) < 4.78 is 0. The van der Waals surface area contributed by atoms with Crippen LogP contribution in [-0.2, 0) is 5.41 Å². The SMILES string of the molecule is c1ccc(NCC(c2ccccc2)(c2ccccc2)c2ccccc2)cc1. The smallest absolute Gasteiger partial charge is 0.0623 e. The van der Waals surface area contributed by atoms with Gasteiger partial charge in [-0.1, -0.05) is 109 Å². The third kappa shape index (κ3) is 3.50. The first kappa shape index (κ1) is 17.1. The van der Waals surface area contributed by atoms with E-state index in [-0.39, 0.29) is 5.41 Å². The summed E-state index contributed by atoms with van der Waals surface area (Å²) >= 11 is 0. The van der Waals surface area contributed by atoms with E-state index in [2.05, 4.69) is 121 Å². The highest BCUT2D eigenvalue weighted by Gasteiger charge is 2.36. The largest absolute Gasteiger partial charge is 0.383 e. The molecule has 132 valence electrons. The lowest BCUT2D eigenvalue weighted by atomic mass is 9.69. The molecule has 1 heteroatoms. The van der Waals surface area contributed by atoms with Crippen molar-refractivity contribution in [3.8, 4) is 0 Å². The monoisotopic (exact) mass is 349 g/mol. The molecule has 0 fully saturated rings. The lowest BCUT2D eigenvalue weighted by Gasteiger charge is -2.36. The summed E-state index contributed by atoms with van der Waals surface area (Å²) in [6, 6.07) is 42.8. The van der Waals surface area contributed by atoms with E-state index in [4.69, 9.17) is 0 Å². The maximum atomic E-state index is 3.68. The molecule has 0 aliphatic carbocycles. The second-order valence-electron chi connectivity index (χ2n) is 6.72. The van der Waals surface area contributed by atoms with Crippen LogP contribution < -0.4 is 5.32 Å².